The van der Waals surface area contributed by atoms with E-state index in [-0.39, 0.29) is 29.9 Å². The molecule has 0 aromatic heterocycles. The monoisotopic (exact) mass is 272 g/mol. The second-order valence-corrected chi connectivity index (χ2v) is 4.61. The fourth-order valence-electron chi connectivity index (χ4n) is 2.07. The van der Waals surface area contributed by atoms with Crippen molar-refractivity contribution in [3.63, 3.8) is 0 Å². The third-order valence-corrected chi connectivity index (χ3v) is 3.18. The van der Waals surface area contributed by atoms with Crippen molar-refractivity contribution < 1.29 is 9.18 Å². The van der Waals surface area contributed by atoms with Gasteiger partial charge in [0.25, 0.3) is 5.91 Å². The minimum atomic E-state index is -0.440. The maximum atomic E-state index is 13.7. The molecule has 1 aromatic rings. The minimum absolute atomic E-state index is 0. The van der Waals surface area contributed by atoms with Gasteiger partial charge in [0.15, 0.2) is 0 Å². The fraction of sp³-hybridized carbons (Fsp3) is 0.462. The van der Waals surface area contributed by atoms with Crippen LogP contribution in [-0.4, -0.2) is 29.9 Å². The Morgan fingerprint density at radius 3 is 2.56 bits per heavy atom. The molecule has 0 aliphatic carbocycles. The molecule has 1 fully saturated rings. The van der Waals surface area contributed by atoms with Crippen LogP contribution in [0.1, 0.15) is 28.8 Å². The molecule has 0 bridgehead atoms. The number of halogens is 2. The summed E-state index contributed by atoms with van der Waals surface area (Å²) < 4.78 is 13.7. The Balaban J connectivity index is 0.00000162. The standard InChI is InChI=1S/C13H17FN2O.ClH/c1-9-2-3-11(12(14)8-9)13(17)16-6-4-10(15)5-7-16;/h2-3,8,10H,4-7,15H2,1H3;1H. The molecule has 100 valence electrons. The van der Waals surface area contributed by atoms with E-state index in [0.717, 1.165) is 18.4 Å². The highest BCUT2D eigenvalue weighted by atomic mass is 35.5. The number of carbonyl (C=O) groups excluding carboxylic acids is 1. The predicted octanol–water partition coefficient (Wildman–Crippen LogP) is 2.12. The van der Waals surface area contributed by atoms with E-state index in [1.54, 1.807) is 24.0 Å². The summed E-state index contributed by atoms with van der Waals surface area (Å²) in [5.41, 5.74) is 6.75. The van der Waals surface area contributed by atoms with Crippen LogP contribution in [0.15, 0.2) is 18.2 Å². The van der Waals surface area contributed by atoms with E-state index >= 15 is 0 Å². The second-order valence-electron chi connectivity index (χ2n) is 4.61. The summed E-state index contributed by atoms with van der Waals surface area (Å²) in [5, 5.41) is 0. The van der Waals surface area contributed by atoms with Gasteiger partial charge < -0.3 is 10.6 Å². The third-order valence-electron chi connectivity index (χ3n) is 3.18. The summed E-state index contributed by atoms with van der Waals surface area (Å²) in [6.45, 7) is 3.04. The number of piperidine rings is 1. The molecule has 1 aliphatic rings. The number of aryl methyl sites for hydroxylation is 1. The van der Waals surface area contributed by atoms with Gasteiger partial charge in [-0.15, -0.1) is 12.4 Å². The van der Waals surface area contributed by atoms with E-state index in [1.165, 1.54) is 6.07 Å². The van der Waals surface area contributed by atoms with Crippen LogP contribution < -0.4 is 5.73 Å². The quantitative estimate of drug-likeness (QED) is 0.851. The van der Waals surface area contributed by atoms with Gasteiger partial charge in [0.05, 0.1) is 5.56 Å². The highest BCUT2D eigenvalue weighted by Crippen LogP contribution is 2.16. The highest BCUT2D eigenvalue weighted by Gasteiger charge is 2.23. The molecule has 18 heavy (non-hydrogen) atoms. The molecule has 0 spiro atoms. The Kier molecular flexibility index (Phi) is 5.11. The largest absolute Gasteiger partial charge is 0.338 e. The zero-order valence-corrected chi connectivity index (χ0v) is 11.2. The Morgan fingerprint density at radius 2 is 2.00 bits per heavy atom. The van der Waals surface area contributed by atoms with Crippen LogP contribution in [0.25, 0.3) is 0 Å². The molecule has 1 heterocycles. The molecular weight excluding hydrogens is 255 g/mol. The van der Waals surface area contributed by atoms with Crippen LogP contribution in [0.3, 0.4) is 0 Å². The topological polar surface area (TPSA) is 46.3 Å². The summed E-state index contributed by atoms with van der Waals surface area (Å²) in [6.07, 6.45) is 1.58. The third kappa shape index (κ3) is 3.21. The zero-order valence-electron chi connectivity index (χ0n) is 10.4. The first-order valence-corrected chi connectivity index (χ1v) is 5.89. The number of likely N-dealkylation sites (tertiary alicyclic amines) is 1. The molecule has 0 unspecified atom stereocenters. The molecule has 3 nitrogen and oxygen atoms in total. The van der Waals surface area contributed by atoms with Gasteiger partial charge in [-0.2, -0.15) is 0 Å². The molecule has 1 saturated heterocycles. The van der Waals surface area contributed by atoms with E-state index in [9.17, 15) is 9.18 Å². The van der Waals surface area contributed by atoms with E-state index in [0.29, 0.717) is 13.1 Å². The summed E-state index contributed by atoms with van der Waals surface area (Å²) in [4.78, 5) is 13.8. The number of benzene rings is 1. The van der Waals surface area contributed by atoms with Crippen molar-refractivity contribution in [2.45, 2.75) is 25.8 Å². The number of amides is 1. The maximum Gasteiger partial charge on any atom is 0.256 e. The summed E-state index contributed by atoms with van der Waals surface area (Å²) in [6, 6.07) is 4.87. The molecule has 1 amide bonds. The van der Waals surface area contributed by atoms with E-state index in [1.807, 2.05) is 0 Å². The van der Waals surface area contributed by atoms with Gasteiger partial charge in [0.2, 0.25) is 0 Å². The average Bonchev–Trinajstić information content (AvgIpc) is 2.29. The average molecular weight is 273 g/mol. The second kappa shape index (κ2) is 6.16. The first kappa shape index (κ1) is 14.9. The van der Waals surface area contributed by atoms with Crippen molar-refractivity contribution in [2.75, 3.05) is 13.1 Å². The summed E-state index contributed by atoms with van der Waals surface area (Å²) >= 11 is 0. The Bertz CT molecular complexity index is 431. The summed E-state index contributed by atoms with van der Waals surface area (Å²) in [7, 11) is 0. The normalized spacial score (nSPS) is 16.3. The number of carbonyl (C=O) groups is 1. The molecule has 0 radical (unpaired) electrons. The van der Waals surface area contributed by atoms with Crippen LogP contribution in [0.4, 0.5) is 4.39 Å². The fourth-order valence-corrected chi connectivity index (χ4v) is 2.07. The zero-order chi connectivity index (χ0) is 12.4. The lowest BCUT2D eigenvalue weighted by Gasteiger charge is -2.30. The SMILES string of the molecule is Cc1ccc(C(=O)N2CCC(N)CC2)c(F)c1.Cl. The van der Waals surface area contributed by atoms with Gasteiger partial charge in [-0.25, -0.2) is 4.39 Å². The molecule has 0 atom stereocenters. The van der Waals surface area contributed by atoms with Gasteiger partial charge in [-0.05, 0) is 37.5 Å². The van der Waals surface area contributed by atoms with Crippen LogP contribution >= 0.6 is 12.4 Å². The van der Waals surface area contributed by atoms with Crippen LogP contribution in [0.2, 0.25) is 0 Å². The Hall–Kier alpha value is -1.13. The van der Waals surface area contributed by atoms with Gasteiger partial charge in [-0.1, -0.05) is 6.07 Å². The number of rotatable bonds is 1. The van der Waals surface area contributed by atoms with Crippen LogP contribution in [-0.2, 0) is 0 Å². The molecular formula is C13H18ClFN2O. The highest BCUT2D eigenvalue weighted by molar-refractivity contribution is 5.94. The number of hydrogen-bond acceptors (Lipinski definition) is 2. The lowest BCUT2D eigenvalue weighted by Crippen LogP contribution is -2.43. The lowest BCUT2D eigenvalue weighted by atomic mass is 10.0. The van der Waals surface area contributed by atoms with Gasteiger partial charge in [0.1, 0.15) is 5.82 Å². The van der Waals surface area contributed by atoms with Gasteiger partial charge in [0, 0.05) is 19.1 Å². The van der Waals surface area contributed by atoms with E-state index in [4.69, 9.17) is 5.73 Å². The molecule has 0 saturated carbocycles. The number of nitrogens with two attached hydrogens (primary N) is 1. The molecule has 5 heteroatoms. The van der Waals surface area contributed by atoms with Crippen molar-refractivity contribution in [2.24, 2.45) is 5.73 Å². The van der Waals surface area contributed by atoms with E-state index in [2.05, 4.69) is 0 Å². The van der Waals surface area contributed by atoms with Gasteiger partial charge >= 0.3 is 0 Å². The smallest absolute Gasteiger partial charge is 0.256 e. The molecule has 2 N–H and O–H groups in total. The lowest BCUT2D eigenvalue weighted by molar-refractivity contribution is 0.0710. The maximum absolute atomic E-state index is 13.7. The van der Waals surface area contributed by atoms with Crippen LogP contribution in [0, 0.1) is 12.7 Å². The van der Waals surface area contributed by atoms with E-state index < -0.39 is 5.82 Å². The Morgan fingerprint density at radius 1 is 1.39 bits per heavy atom. The first-order chi connectivity index (χ1) is 8.08. The molecule has 1 aliphatic heterocycles. The van der Waals surface area contributed by atoms with Gasteiger partial charge in [-0.3, -0.25) is 4.79 Å². The van der Waals surface area contributed by atoms with Crippen molar-refractivity contribution >= 4 is 18.3 Å². The van der Waals surface area contributed by atoms with Crippen molar-refractivity contribution in [3.05, 3.63) is 35.1 Å². The van der Waals surface area contributed by atoms with Crippen molar-refractivity contribution in [1.82, 2.24) is 4.90 Å². The molecule has 2 rings (SSSR count). The predicted molar refractivity (Wildman–Crippen MR) is 71.5 cm³/mol. The first-order valence-electron chi connectivity index (χ1n) is 5.89. The van der Waals surface area contributed by atoms with Crippen LogP contribution in [0.5, 0.6) is 0 Å². The molecule has 1 aromatic carbocycles. The number of hydrogen-bond donors (Lipinski definition) is 1. The minimum Gasteiger partial charge on any atom is -0.338 e. The van der Waals surface area contributed by atoms with Crippen molar-refractivity contribution in [3.8, 4) is 0 Å². The Labute approximate surface area is 113 Å². The summed E-state index contributed by atoms with van der Waals surface area (Å²) in [5.74, 6) is -0.667. The number of nitrogens with zero attached hydrogens (tertiary/aromatic N) is 1. The van der Waals surface area contributed by atoms with Crippen molar-refractivity contribution in [1.29, 1.82) is 0 Å².